The van der Waals surface area contributed by atoms with Crippen LogP contribution < -0.4 is 20.7 Å². The molecule has 0 spiro atoms. The maximum absolute atomic E-state index is 14.5. The predicted octanol–water partition coefficient (Wildman–Crippen LogP) is 3.06. The topological polar surface area (TPSA) is 113 Å². The molecule has 0 saturated heterocycles. The molecular formula is C29H41FN4O4. The maximum atomic E-state index is 14.5. The Labute approximate surface area is 224 Å². The van der Waals surface area contributed by atoms with E-state index in [0.717, 1.165) is 36.8 Å². The van der Waals surface area contributed by atoms with Gasteiger partial charge in [-0.15, -0.1) is 0 Å². The van der Waals surface area contributed by atoms with E-state index in [-0.39, 0.29) is 43.5 Å². The number of nitrogens with one attached hydrogen (secondary N) is 3. The van der Waals surface area contributed by atoms with Crippen LogP contribution in [0, 0.1) is 11.7 Å². The molecule has 3 atom stereocenters. The highest BCUT2D eigenvalue weighted by atomic mass is 19.1. The largest absolute Gasteiger partial charge is 0.493 e. The van der Waals surface area contributed by atoms with Gasteiger partial charge in [-0.3, -0.25) is 14.6 Å². The van der Waals surface area contributed by atoms with Crippen LogP contribution in [-0.4, -0.2) is 53.7 Å². The monoisotopic (exact) mass is 528 g/mol. The summed E-state index contributed by atoms with van der Waals surface area (Å²) in [6.45, 7) is 5.79. The quantitative estimate of drug-likeness (QED) is 0.419. The number of hydrogen-bond donors (Lipinski definition) is 4. The third-order valence-corrected chi connectivity index (χ3v) is 6.78. The van der Waals surface area contributed by atoms with E-state index in [0.29, 0.717) is 31.0 Å². The van der Waals surface area contributed by atoms with Crippen LogP contribution in [-0.2, 0) is 29.0 Å². The van der Waals surface area contributed by atoms with E-state index in [1.54, 1.807) is 12.3 Å². The van der Waals surface area contributed by atoms with Crippen molar-refractivity contribution in [3.05, 3.63) is 59.2 Å². The van der Waals surface area contributed by atoms with Crippen molar-refractivity contribution in [1.82, 2.24) is 20.9 Å². The van der Waals surface area contributed by atoms with Crippen molar-refractivity contribution in [3.63, 3.8) is 0 Å². The smallest absolute Gasteiger partial charge is 0.220 e. The highest BCUT2D eigenvalue weighted by Gasteiger charge is 2.23. The van der Waals surface area contributed by atoms with Crippen molar-refractivity contribution in [3.8, 4) is 5.75 Å². The van der Waals surface area contributed by atoms with Crippen LogP contribution in [0.3, 0.4) is 0 Å². The molecule has 1 aliphatic rings. The first-order valence-corrected chi connectivity index (χ1v) is 13.7. The second kappa shape index (κ2) is 15.4. The van der Waals surface area contributed by atoms with Crippen LogP contribution in [0.2, 0.25) is 0 Å². The SMILES string of the molecule is CCCC1CCNC(=O)CCC(=O)N[C@H]([C@H](O)CNCc2cncc(CC)c2)Cc2cc(F)cc(c2)OC1. The molecule has 0 saturated carbocycles. The van der Waals surface area contributed by atoms with E-state index in [1.807, 2.05) is 6.20 Å². The van der Waals surface area contributed by atoms with E-state index in [1.165, 1.54) is 12.1 Å². The second-order valence-electron chi connectivity index (χ2n) is 10.0. The summed E-state index contributed by atoms with van der Waals surface area (Å²) in [6, 6.07) is 5.88. The lowest BCUT2D eigenvalue weighted by molar-refractivity contribution is -0.127. The van der Waals surface area contributed by atoms with Gasteiger partial charge in [0.25, 0.3) is 0 Å². The van der Waals surface area contributed by atoms with Gasteiger partial charge in [0.1, 0.15) is 11.6 Å². The van der Waals surface area contributed by atoms with Gasteiger partial charge in [-0.2, -0.15) is 0 Å². The number of carbonyl (C=O) groups excluding carboxylic acids is 2. The standard InChI is InChI=1S/C29H41FN4O4/c1-3-5-21-8-9-33-28(36)6-7-29(37)34-26(13-22-11-24(30)14-25(12-22)38-19-21)27(35)18-32-17-23-10-20(4-2)15-31-16-23/h10-12,14-16,21,26-27,32,35H,3-9,13,17-19H2,1-2H3,(H,33,36)(H,34,37)/t21?,26-,27+/m0/s1. The molecule has 1 aromatic heterocycles. The van der Waals surface area contributed by atoms with Gasteiger partial charge in [0.05, 0.1) is 18.8 Å². The second-order valence-corrected chi connectivity index (χ2v) is 10.0. The maximum Gasteiger partial charge on any atom is 0.220 e. The Kier molecular flexibility index (Phi) is 12.0. The number of hydrogen-bond acceptors (Lipinski definition) is 6. The molecule has 0 aliphatic carbocycles. The van der Waals surface area contributed by atoms with Crippen molar-refractivity contribution < 1.29 is 23.8 Å². The molecular weight excluding hydrogens is 487 g/mol. The fraction of sp³-hybridized carbons (Fsp3) is 0.552. The molecule has 1 aliphatic heterocycles. The molecule has 4 N–H and O–H groups in total. The molecule has 8 nitrogen and oxygen atoms in total. The molecule has 0 radical (unpaired) electrons. The molecule has 208 valence electrons. The Balaban J connectivity index is 1.73. The first-order chi connectivity index (χ1) is 18.4. The number of halogens is 1. The number of pyridine rings is 1. The van der Waals surface area contributed by atoms with Crippen molar-refractivity contribution in [2.75, 3.05) is 19.7 Å². The molecule has 2 bridgehead atoms. The number of aliphatic hydroxyl groups excluding tert-OH is 1. The number of rotatable bonds is 8. The third kappa shape index (κ3) is 10.0. The zero-order chi connectivity index (χ0) is 27.3. The summed E-state index contributed by atoms with van der Waals surface area (Å²) in [5, 5.41) is 20.0. The van der Waals surface area contributed by atoms with Crippen LogP contribution >= 0.6 is 0 Å². The minimum Gasteiger partial charge on any atom is -0.493 e. The Morgan fingerprint density at radius 2 is 1.92 bits per heavy atom. The summed E-state index contributed by atoms with van der Waals surface area (Å²) >= 11 is 0. The fourth-order valence-corrected chi connectivity index (χ4v) is 4.64. The van der Waals surface area contributed by atoms with E-state index in [2.05, 4.69) is 40.8 Å². The minimum atomic E-state index is -0.949. The lowest BCUT2D eigenvalue weighted by Gasteiger charge is -2.25. The Bertz CT molecular complexity index is 1050. The van der Waals surface area contributed by atoms with E-state index >= 15 is 0 Å². The molecule has 2 aromatic rings. The van der Waals surface area contributed by atoms with Crippen LogP contribution in [0.5, 0.6) is 5.75 Å². The molecule has 9 heteroatoms. The van der Waals surface area contributed by atoms with E-state index < -0.39 is 18.0 Å². The van der Waals surface area contributed by atoms with Crippen LogP contribution in [0.15, 0.2) is 36.7 Å². The van der Waals surface area contributed by atoms with Gasteiger partial charge in [-0.25, -0.2) is 4.39 Å². The number of carbonyl (C=O) groups is 2. The Morgan fingerprint density at radius 3 is 2.71 bits per heavy atom. The summed E-state index contributed by atoms with van der Waals surface area (Å²) in [5.41, 5.74) is 2.74. The number of fused-ring (bicyclic) bond motifs is 2. The average molecular weight is 529 g/mol. The molecule has 38 heavy (non-hydrogen) atoms. The molecule has 2 amide bonds. The number of nitrogens with zero attached hydrogens (tertiary/aromatic N) is 1. The summed E-state index contributed by atoms with van der Waals surface area (Å²) in [7, 11) is 0. The lowest BCUT2D eigenvalue weighted by Crippen LogP contribution is -2.48. The zero-order valence-corrected chi connectivity index (χ0v) is 22.5. The summed E-state index contributed by atoms with van der Waals surface area (Å²) < 4.78 is 20.4. The highest BCUT2D eigenvalue weighted by molar-refractivity contribution is 5.83. The zero-order valence-electron chi connectivity index (χ0n) is 22.5. The van der Waals surface area contributed by atoms with Crippen LogP contribution in [0.25, 0.3) is 0 Å². The molecule has 0 fully saturated rings. The van der Waals surface area contributed by atoms with Crippen molar-refractivity contribution in [1.29, 1.82) is 0 Å². The normalized spacial score (nSPS) is 20.2. The van der Waals surface area contributed by atoms with Crippen molar-refractivity contribution in [2.24, 2.45) is 5.92 Å². The fourth-order valence-electron chi connectivity index (χ4n) is 4.64. The first kappa shape index (κ1) is 29.5. The number of amides is 2. The number of aromatic nitrogens is 1. The Morgan fingerprint density at radius 1 is 1.13 bits per heavy atom. The van der Waals surface area contributed by atoms with Gasteiger partial charge in [-0.1, -0.05) is 26.3 Å². The number of aryl methyl sites for hydroxylation is 1. The Hall–Kier alpha value is -3.04. The number of ether oxygens (including phenoxy) is 1. The summed E-state index contributed by atoms with van der Waals surface area (Å²) in [5.74, 6) is -0.320. The predicted molar refractivity (Wildman–Crippen MR) is 144 cm³/mol. The van der Waals surface area contributed by atoms with Crippen LogP contribution in [0.4, 0.5) is 4.39 Å². The first-order valence-electron chi connectivity index (χ1n) is 13.7. The number of aliphatic hydroxyl groups is 1. The average Bonchev–Trinajstić information content (AvgIpc) is 2.89. The molecule has 3 rings (SSSR count). The molecule has 1 aromatic carbocycles. The van der Waals surface area contributed by atoms with Gasteiger partial charge >= 0.3 is 0 Å². The van der Waals surface area contributed by atoms with Gasteiger partial charge in [0, 0.05) is 50.9 Å². The minimum absolute atomic E-state index is 0.00780. The van der Waals surface area contributed by atoms with Crippen molar-refractivity contribution >= 4 is 11.8 Å². The number of benzene rings is 1. The van der Waals surface area contributed by atoms with Crippen molar-refractivity contribution in [2.45, 2.75) is 77.5 Å². The van der Waals surface area contributed by atoms with E-state index in [4.69, 9.17) is 4.74 Å². The summed E-state index contributed by atoms with van der Waals surface area (Å²) in [6.07, 6.45) is 6.47. The van der Waals surface area contributed by atoms with Gasteiger partial charge in [-0.05, 0) is 60.4 Å². The van der Waals surface area contributed by atoms with Gasteiger partial charge in [0.15, 0.2) is 0 Å². The molecule has 2 heterocycles. The van der Waals surface area contributed by atoms with E-state index in [9.17, 15) is 19.1 Å². The summed E-state index contributed by atoms with van der Waals surface area (Å²) in [4.78, 5) is 29.2. The van der Waals surface area contributed by atoms with Gasteiger partial charge in [0.2, 0.25) is 11.8 Å². The van der Waals surface area contributed by atoms with Crippen LogP contribution in [0.1, 0.15) is 62.6 Å². The van der Waals surface area contributed by atoms with Gasteiger partial charge < -0.3 is 25.8 Å². The molecule has 1 unspecified atom stereocenters. The lowest BCUT2D eigenvalue weighted by atomic mass is 9.99. The third-order valence-electron chi connectivity index (χ3n) is 6.78. The highest BCUT2D eigenvalue weighted by Crippen LogP contribution is 2.21.